The first-order chi connectivity index (χ1) is 11.8. The molecule has 0 spiro atoms. The average Bonchev–Trinajstić information content (AvgIpc) is 3.30. The van der Waals surface area contributed by atoms with Crippen LogP contribution in [-0.4, -0.2) is 52.0 Å². The van der Waals surface area contributed by atoms with E-state index in [1.807, 2.05) is 46.7 Å². The molecular weight excluding hydrogens is 306 g/mol. The molecule has 1 N–H and O–H groups in total. The molecule has 7 heteroatoms. The highest BCUT2D eigenvalue weighted by Crippen LogP contribution is 2.14. The van der Waals surface area contributed by atoms with Crippen LogP contribution in [0.3, 0.4) is 0 Å². The van der Waals surface area contributed by atoms with Gasteiger partial charge < -0.3 is 15.0 Å². The zero-order valence-electron chi connectivity index (χ0n) is 13.9. The molecule has 7 nitrogen and oxygen atoms in total. The van der Waals surface area contributed by atoms with E-state index in [-0.39, 0.29) is 6.03 Å². The summed E-state index contributed by atoms with van der Waals surface area (Å²) in [4.78, 5) is 14.2. The maximum Gasteiger partial charge on any atom is 0.317 e. The van der Waals surface area contributed by atoms with Crippen molar-refractivity contribution in [2.45, 2.75) is 19.9 Å². The van der Waals surface area contributed by atoms with Gasteiger partial charge >= 0.3 is 6.03 Å². The number of carbonyl (C=O) groups is 1. The summed E-state index contributed by atoms with van der Waals surface area (Å²) in [6.45, 7) is 5.27. The van der Waals surface area contributed by atoms with Gasteiger partial charge in [0.05, 0.1) is 13.2 Å². The van der Waals surface area contributed by atoms with Gasteiger partial charge in [0.2, 0.25) is 0 Å². The lowest BCUT2D eigenvalue weighted by Gasteiger charge is -2.24. The van der Waals surface area contributed by atoms with Crippen molar-refractivity contribution in [3.63, 3.8) is 0 Å². The molecule has 1 saturated heterocycles. The molecule has 0 bridgehead atoms. The van der Waals surface area contributed by atoms with Crippen molar-refractivity contribution < 1.29 is 9.53 Å². The third-order valence-corrected chi connectivity index (χ3v) is 4.22. The van der Waals surface area contributed by atoms with E-state index in [0.29, 0.717) is 24.8 Å². The van der Waals surface area contributed by atoms with Crippen molar-refractivity contribution in [2.24, 2.45) is 5.92 Å². The first-order valence-corrected chi connectivity index (χ1v) is 8.32. The van der Waals surface area contributed by atoms with Crippen molar-refractivity contribution in [1.29, 1.82) is 0 Å². The highest BCUT2D eigenvalue weighted by atomic mass is 16.5. The molecule has 0 radical (unpaired) electrons. The molecule has 2 aromatic rings. The van der Waals surface area contributed by atoms with E-state index < -0.39 is 0 Å². The lowest BCUT2D eigenvalue weighted by atomic mass is 10.1. The number of aromatic nitrogens is 3. The number of hydrogen-bond acceptors (Lipinski definition) is 4. The second-order valence-electron chi connectivity index (χ2n) is 5.88. The van der Waals surface area contributed by atoms with Crippen molar-refractivity contribution in [3.05, 3.63) is 42.5 Å². The molecule has 3 rings (SSSR count). The van der Waals surface area contributed by atoms with Crippen LogP contribution in [0.15, 0.2) is 36.7 Å². The van der Waals surface area contributed by atoms with Gasteiger partial charge in [-0.15, -0.1) is 10.2 Å². The lowest BCUT2D eigenvalue weighted by Crippen LogP contribution is -2.42. The largest absolute Gasteiger partial charge is 0.381 e. The Kier molecular flexibility index (Phi) is 5.43. The summed E-state index contributed by atoms with van der Waals surface area (Å²) in [5.41, 5.74) is 0.974. The number of nitrogens with one attached hydrogen (secondary N) is 1. The fourth-order valence-corrected chi connectivity index (χ4v) is 2.84. The second-order valence-corrected chi connectivity index (χ2v) is 5.88. The first-order valence-electron chi connectivity index (χ1n) is 8.32. The molecule has 2 heterocycles. The number of hydrogen-bond donors (Lipinski definition) is 1. The van der Waals surface area contributed by atoms with Crippen molar-refractivity contribution in [1.82, 2.24) is 25.0 Å². The summed E-state index contributed by atoms with van der Waals surface area (Å²) in [7, 11) is 0. The van der Waals surface area contributed by atoms with E-state index >= 15 is 0 Å². The predicted molar refractivity (Wildman–Crippen MR) is 89.8 cm³/mol. The summed E-state index contributed by atoms with van der Waals surface area (Å²) in [6.07, 6.45) is 2.68. The Bertz CT molecular complexity index is 652. The minimum absolute atomic E-state index is 0.0768. The number of ether oxygens (including phenoxy) is 1. The molecule has 1 aliphatic rings. The predicted octanol–water partition coefficient (Wildman–Crippen LogP) is 1.84. The van der Waals surface area contributed by atoms with Crippen molar-refractivity contribution in [2.75, 3.05) is 26.3 Å². The zero-order valence-corrected chi connectivity index (χ0v) is 13.9. The standard InChI is InChI=1S/C17H23N5O2/c1-2-21(11-14-8-9-24-12-14)17(23)18-10-16-20-19-13-22(16)15-6-4-3-5-7-15/h3-7,13-14H,2,8-12H2,1H3,(H,18,23)/t14-/m0/s1. The molecule has 1 aliphatic heterocycles. The molecule has 1 aromatic heterocycles. The van der Waals surface area contributed by atoms with E-state index in [2.05, 4.69) is 15.5 Å². The number of amides is 2. The lowest BCUT2D eigenvalue weighted by molar-refractivity contribution is 0.166. The molecule has 24 heavy (non-hydrogen) atoms. The second kappa shape index (κ2) is 7.92. The van der Waals surface area contributed by atoms with E-state index in [4.69, 9.17) is 4.74 Å². The number of nitrogens with zero attached hydrogens (tertiary/aromatic N) is 4. The quantitative estimate of drug-likeness (QED) is 0.878. The normalized spacial score (nSPS) is 17.0. The maximum absolute atomic E-state index is 12.4. The summed E-state index contributed by atoms with van der Waals surface area (Å²) in [6, 6.07) is 9.76. The number of urea groups is 1. The summed E-state index contributed by atoms with van der Waals surface area (Å²) >= 11 is 0. The van der Waals surface area contributed by atoms with Gasteiger partial charge in [0.25, 0.3) is 0 Å². The number of benzene rings is 1. The Balaban J connectivity index is 1.59. The zero-order chi connectivity index (χ0) is 16.8. The van der Waals surface area contributed by atoms with Gasteiger partial charge in [-0.1, -0.05) is 18.2 Å². The average molecular weight is 329 g/mol. The number of carbonyl (C=O) groups excluding carboxylic acids is 1. The minimum atomic E-state index is -0.0768. The molecule has 2 amide bonds. The smallest absolute Gasteiger partial charge is 0.317 e. The van der Waals surface area contributed by atoms with Crippen LogP contribution >= 0.6 is 0 Å². The fraction of sp³-hybridized carbons (Fsp3) is 0.471. The van der Waals surface area contributed by atoms with Crippen LogP contribution < -0.4 is 5.32 Å². The van der Waals surface area contributed by atoms with Gasteiger partial charge in [0.1, 0.15) is 6.33 Å². The van der Waals surface area contributed by atoms with E-state index in [1.165, 1.54) is 0 Å². The third-order valence-electron chi connectivity index (χ3n) is 4.22. The van der Waals surface area contributed by atoms with Crippen LogP contribution in [-0.2, 0) is 11.3 Å². The Morgan fingerprint density at radius 2 is 2.25 bits per heavy atom. The molecule has 0 saturated carbocycles. The number of rotatable bonds is 6. The molecule has 0 aliphatic carbocycles. The van der Waals surface area contributed by atoms with Gasteiger partial charge in [-0.25, -0.2) is 4.79 Å². The van der Waals surface area contributed by atoms with Gasteiger partial charge in [0, 0.05) is 31.3 Å². The van der Waals surface area contributed by atoms with Crippen LogP contribution in [0.4, 0.5) is 4.79 Å². The summed E-state index contributed by atoms with van der Waals surface area (Å²) in [5.74, 6) is 1.14. The Morgan fingerprint density at radius 3 is 2.96 bits per heavy atom. The van der Waals surface area contributed by atoms with Gasteiger partial charge in [0.15, 0.2) is 5.82 Å². The van der Waals surface area contributed by atoms with E-state index in [9.17, 15) is 4.79 Å². The SMILES string of the molecule is CCN(C[C@@H]1CCOC1)C(=O)NCc1nncn1-c1ccccc1. The fourth-order valence-electron chi connectivity index (χ4n) is 2.84. The van der Waals surface area contributed by atoms with Gasteiger partial charge in [-0.2, -0.15) is 0 Å². The highest BCUT2D eigenvalue weighted by molar-refractivity contribution is 5.74. The highest BCUT2D eigenvalue weighted by Gasteiger charge is 2.21. The number of para-hydroxylation sites is 1. The Labute approximate surface area is 141 Å². The Hall–Kier alpha value is -2.41. The van der Waals surface area contributed by atoms with Crippen LogP contribution in [0.2, 0.25) is 0 Å². The van der Waals surface area contributed by atoms with E-state index in [0.717, 1.165) is 31.9 Å². The van der Waals surface area contributed by atoms with Crippen LogP contribution in [0, 0.1) is 5.92 Å². The van der Waals surface area contributed by atoms with Gasteiger partial charge in [-0.3, -0.25) is 4.57 Å². The van der Waals surface area contributed by atoms with Crippen LogP contribution in [0.1, 0.15) is 19.2 Å². The molecule has 1 atom stereocenters. The van der Waals surface area contributed by atoms with Crippen molar-refractivity contribution in [3.8, 4) is 5.69 Å². The topological polar surface area (TPSA) is 72.3 Å². The molecule has 1 fully saturated rings. The summed E-state index contributed by atoms with van der Waals surface area (Å²) in [5, 5.41) is 11.0. The van der Waals surface area contributed by atoms with Crippen LogP contribution in [0.25, 0.3) is 5.69 Å². The molecule has 128 valence electrons. The Morgan fingerprint density at radius 1 is 1.42 bits per heavy atom. The third kappa shape index (κ3) is 3.91. The van der Waals surface area contributed by atoms with Crippen LogP contribution in [0.5, 0.6) is 0 Å². The maximum atomic E-state index is 12.4. The van der Waals surface area contributed by atoms with Crippen molar-refractivity contribution >= 4 is 6.03 Å². The summed E-state index contributed by atoms with van der Waals surface area (Å²) < 4.78 is 7.26. The van der Waals surface area contributed by atoms with Gasteiger partial charge in [-0.05, 0) is 25.5 Å². The molecule has 1 aromatic carbocycles. The minimum Gasteiger partial charge on any atom is -0.381 e. The first kappa shape index (κ1) is 16.4. The molecule has 0 unspecified atom stereocenters. The molecular formula is C17H23N5O2. The van der Waals surface area contributed by atoms with E-state index in [1.54, 1.807) is 6.33 Å². The monoisotopic (exact) mass is 329 g/mol.